The van der Waals surface area contributed by atoms with E-state index in [-0.39, 0.29) is 5.91 Å². The summed E-state index contributed by atoms with van der Waals surface area (Å²) in [7, 11) is 1.62. The van der Waals surface area contributed by atoms with Gasteiger partial charge in [-0.25, -0.2) is 4.98 Å². The number of hydrogen-bond acceptors (Lipinski definition) is 4. The molecule has 1 heterocycles. The van der Waals surface area contributed by atoms with E-state index in [1.807, 2.05) is 5.38 Å². The van der Waals surface area contributed by atoms with E-state index in [9.17, 15) is 4.79 Å². The van der Waals surface area contributed by atoms with Gasteiger partial charge in [-0.05, 0) is 0 Å². The fraction of sp³-hybridized carbons (Fsp3) is 0.429. The van der Waals surface area contributed by atoms with Crippen molar-refractivity contribution in [3.8, 4) is 0 Å². The first-order valence-corrected chi connectivity index (χ1v) is 4.50. The van der Waals surface area contributed by atoms with Gasteiger partial charge in [0.15, 0.2) is 0 Å². The second-order valence-electron chi connectivity index (χ2n) is 2.20. The summed E-state index contributed by atoms with van der Waals surface area (Å²) in [5.41, 5.74) is 0. The maximum atomic E-state index is 10.7. The molecule has 0 fully saturated rings. The van der Waals surface area contributed by atoms with Crippen molar-refractivity contribution in [2.45, 2.75) is 6.54 Å². The maximum Gasteiger partial charge on any atom is 0.233 e. The predicted molar refractivity (Wildman–Crippen MR) is 47.9 cm³/mol. The van der Waals surface area contributed by atoms with Crippen LogP contribution in [0.4, 0.5) is 0 Å². The van der Waals surface area contributed by atoms with Crippen LogP contribution in [0.15, 0.2) is 11.6 Å². The van der Waals surface area contributed by atoms with Gasteiger partial charge >= 0.3 is 0 Å². The van der Waals surface area contributed by atoms with Crippen molar-refractivity contribution in [3.63, 3.8) is 0 Å². The van der Waals surface area contributed by atoms with Gasteiger partial charge in [-0.3, -0.25) is 4.79 Å². The molecule has 0 bridgehead atoms. The van der Waals surface area contributed by atoms with Crippen LogP contribution < -0.4 is 10.6 Å². The third-order valence-corrected chi connectivity index (χ3v) is 2.10. The highest BCUT2D eigenvalue weighted by atomic mass is 32.1. The van der Waals surface area contributed by atoms with Crippen molar-refractivity contribution >= 4 is 17.2 Å². The number of nitrogens with zero attached hydrogens (tertiary/aromatic N) is 1. The van der Waals surface area contributed by atoms with Gasteiger partial charge in [-0.15, -0.1) is 11.3 Å². The van der Waals surface area contributed by atoms with Crippen molar-refractivity contribution in [1.82, 2.24) is 15.6 Å². The van der Waals surface area contributed by atoms with Crippen molar-refractivity contribution < 1.29 is 4.79 Å². The number of carbonyl (C=O) groups excluding carboxylic acids is 1. The number of carbonyl (C=O) groups is 1. The van der Waals surface area contributed by atoms with Crippen molar-refractivity contribution in [1.29, 1.82) is 0 Å². The lowest BCUT2D eigenvalue weighted by molar-refractivity contribution is -0.119. The Balaban J connectivity index is 2.15. The minimum absolute atomic E-state index is 0.00782. The number of rotatable bonds is 4. The molecule has 1 rings (SSSR count). The number of aromatic nitrogens is 1. The Labute approximate surface area is 75.0 Å². The van der Waals surface area contributed by atoms with E-state index in [0.717, 1.165) is 5.01 Å². The van der Waals surface area contributed by atoms with Crippen LogP contribution in [0.25, 0.3) is 0 Å². The standard InChI is InChI=1S/C7H11N3OS/c1-8-6(11)4-9-5-7-10-2-3-12-7/h2-3,9H,4-5H2,1H3,(H,8,11). The van der Waals surface area contributed by atoms with Crippen molar-refractivity contribution in [2.24, 2.45) is 0 Å². The Morgan fingerprint density at radius 2 is 2.58 bits per heavy atom. The highest BCUT2D eigenvalue weighted by molar-refractivity contribution is 7.09. The average molecular weight is 185 g/mol. The van der Waals surface area contributed by atoms with Gasteiger partial charge in [0.1, 0.15) is 5.01 Å². The zero-order valence-corrected chi connectivity index (χ0v) is 7.65. The van der Waals surface area contributed by atoms with Crippen LogP contribution in [-0.2, 0) is 11.3 Å². The van der Waals surface area contributed by atoms with Gasteiger partial charge in [-0.1, -0.05) is 0 Å². The third kappa shape index (κ3) is 2.98. The summed E-state index contributed by atoms with van der Waals surface area (Å²) in [6.07, 6.45) is 1.75. The average Bonchev–Trinajstić information content (AvgIpc) is 2.57. The van der Waals surface area contributed by atoms with Crippen LogP contribution in [0, 0.1) is 0 Å². The summed E-state index contributed by atoms with van der Waals surface area (Å²) < 4.78 is 0. The lowest BCUT2D eigenvalue weighted by Crippen LogP contribution is -2.30. The number of amides is 1. The van der Waals surface area contributed by atoms with E-state index in [1.54, 1.807) is 24.6 Å². The SMILES string of the molecule is CNC(=O)CNCc1nccs1. The molecule has 2 N–H and O–H groups in total. The Kier molecular flexibility index (Phi) is 3.69. The lowest BCUT2D eigenvalue weighted by atomic mass is 10.5. The number of hydrogen-bond donors (Lipinski definition) is 2. The molecule has 66 valence electrons. The largest absolute Gasteiger partial charge is 0.358 e. The second kappa shape index (κ2) is 4.84. The quantitative estimate of drug-likeness (QED) is 0.693. The van der Waals surface area contributed by atoms with Gasteiger partial charge in [0.25, 0.3) is 0 Å². The molecular formula is C7H11N3OS. The topological polar surface area (TPSA) is 54.0 Å². The third-order valence-electron chi connectivity index (χ3n) is 1.32. The summed E-state index contributed by atoms with van der Waals surface area (Å²) in [6.45, 7) is 1.00. The predicted octanol–water partition coefficient (Wildman–Crippen LogP) is -0.0213. The molecule has 5 heteroatoms. The maximum absolute atomic E-state index is 10.7. The van der Waals surface area contributed by atoms with Crippen LogP contribution >= 0.6 is 11.3 Å². The van der Waals surface area contributed by atoms with E-state index in [0.29, 0.717) is 13.1 Å². The molecule has 0 radical (unpaired) electrons. The van der Waals surface area contributed by atoms with Crippen LogP contribution in [0.1, 0.15) is 5.01 Å². The van der Waals surface area contributed by atoms with E-state index >= 15 is 0 Å². The second-order valence-corrected chi connectivity index (χ2v) is 3.18. The Bertz CT molecular complexity index is 235. The summed E-state index contributed by atoms with van der Waals surface area (Å²) in [5, 5.41) is 8.41. The number of nitrogens with one attached hydrogen (secondary N) is 2. The summed E-state index contributed by atoms with van der Waals surface area (Å²) >= 11 is 1.58. The molecule has 0 saturated heterocycles. The van der Waals surface area contributed by atoms with Crippen molar-refractivity contribution in [3.05, 3.63) is 16.6 Å². The first kappa shape index (κ1) is 9.15. The molecule has 1 amide bonds. The van der Waals surface area contributed by atoms with Crippen LogP contribution in [0.5, 0.6) is 0 Å². The molecule has 0 saturated carbocycles. The van der Waals surface area contributed by atoms with Gasteiger partial charge in [0, 0.05) is 25.2 Å². The molecule has 0 unspecified atom stereocenters. The smallest absolute Gasteiger partial charge is 0.233 e. The van der Waals surface area contributed by atoms with E-state index in [1.165, 1.54) is 0 Å². The van der Waals surface area contributed by atoms with E-state index < -0.39 is 0 Å². The zero-order chi connectivity index (χ0) is 8.81. The van der Waals surface area contributed by atoms with Crippen LogP contribution in [0.3, 0.4) is 0 Å². The summed E-state index contributed by atoms with van der Waals surface area (Å²) in [6, 6.07) is 0. The monoisotopic (exact) mass is 185 g/mol. The van der Waals surface area contributed by atoms with Crippen LogP contribution in [-0.4, -0.2) is 24.5 Å². The number of likely N-dealkylation sites (N-methyl/N-ethyl adjacent to an activating group) is 1. The highest BCUT2D eigenvalue weighted by Crippen LogP contribution is 2.01. The Morgan fingerprint density at radius 3 is 3.17 bits per heavy atom. The van der Waals surface area contributed by atoms with E-state index in [2.05, 4.69) is 15.6 Å². The first-order chi connectivity index (χ1) is 5.83. The zero-order valence-electron chi connectivity index (χ0n) is 6.83. The molecule has 0 aliphatic rings. The molecule has 0 atom stereocenters. The molecule has 0 aliphatic carbocycles. The summed E-state index contributed by atoms with van der Waals surface area (Å²) in [4.78, 5) is 14.8. The lowest BCUT2D eigenvalue weighted by Gasteiger charge is -1.99. The molecule has 0 spiro atoms. The first-order valence-electron chi connectivity index (χ1n) is 3.62. The molecule has 1 aromatic heterocycles. The molecule has 1 aromatic rings. The minimum atomic E-state index is -0.00782. The van der Waals surface area contributed by atoms with E-state index in [4.69, 9.17) is 0 Å². The van der Waals surface area contributed by atoms with Gasteiger partial charge < -0.3 is 10.6 Å². The molecule has 0 aromatic carbocycles. The van der Waals surface area contributed by atoms with Crippen LogP contribution in [0.2, 0.25) is 0 Å². The molecule has 4 nitrogen and oxygen atoms in total. The fourth-order valence-corrected chi connectivity index (χ4v) is 1.30. The fourth-order valence-electron chi connectivity index (χ4n) is 0.712. The number of thiazole rings is 1. The highest BCUT2D eigenvalue weighted by Gasteiger charge is 1.97. The van der Waals surface area contributed by atoms with Gasteiger partial charge in [-0.2, -0.15) is 0 Å². The van der Waals surface area contributed by atoms with Gasteiger partial charge in [0.05, 0.1) is 6.54 Å². The molecule has 0 aliphatic heterocycles. The molecular weight excluding hydrogens is 174 g/mol. The Morgan fingerprint density at radius 1 is 1.75 bits per heavy atom. The van der Waals surface area contributed by atoms with Gasteiger partial charge in [0.2, 0.25) is 5.91 Å². The normalized spacial score (nSPS) is 9.75. The minimum Gasteiger partial charge on any atom is -0.358 e. The van der Waals surface area contributed by atoms with Crippen molar-refractivity contribution in [2.75, 3.05) is 13.6 Å². The Hall–Kier alpha value is -0.940. The summed E-state index contributed by atoms with van der Waals surface area (Å²) in [5.74, 6) is -0.00782. The molecule has 12 heavy (non-hydrogen) atoms.